The number of hydrogen-bond donors (Lipinski definition) is 1. The van der Waals surface area contributed by atoms with Gasteiger partial charge in [0.25, 0.3) is 0 Å². The predicted molar refractivity (Wildman–Crippen MR) is 94.8 cm³/mol. The largest absolute Gasteiger partial charge is 0.369 e. The third-order valence-corrected chi connectivity index (χ3v) is 4.31. The maximum absolute atomic E-state index is 12.2. The van der Waals surface area contributed by atoms with Crippen molar-refractivity contribution in [2.75, 3.05) is 13.1 Å². The third-order valence-electron chi connectivity index (χ3n) is 4.31. The highest BCUT2D eigenvalue weighted by molar-refractivity contribution is 5.92. The van der Waals surface area contributed by atoms with Gasteiger partial charge >= 0.3 is 0 Å². The molecule has 0 radical (unpaired) electrons. The van der Waals surface area contributed by atoms with Gasteiger partial charge in [-0.3, -0.25) is 9.59 Å². The van der Waals surface area contributed by atoms with Gasteiger partial charge in [-0.1, -0.05) is 48.5 Å². The lowest BCUT2D eigenvalue weighted by molar-refractivity contribution is -0.125. The molecule has 24 heavy (non-hydrogen) atoms. The zero-order valence-corrected chi connectivity index (χ0v) is 13.4. The van der Waals surface area contributed by atoms with Crippen molar-refractivity contribution in [3.05, 3.63) is 66.2 Å². The van der Waals surface area contributed by atoms with E-state index in [0.717, 1.165) is 16.7 Å². The van der Waals surface area contributed by atoms with Crippen LogP contribution in [0.1, 0.15) is 12.0 Å². The van der Waals surface area contributed by atoms with Crippen LogP contribution in [0.3, 0.4) is 0 Å². The molecule has 1 heterocycles. The molecule has 4 heteroatoms. The quantitative estimate of drug-likeness (QED) is 0.880. The monoisotopic (exact) mass is 320 g/mol. The number of hydrogen-bond acceptors (Lipinski definition) is 2. The van der Waals surface area contributed by atoms with Crippen molar-refractivity contribution in [3.8, 4) is 11.1 Å². The zero-order chi connectivity index (χ0) is 16.9. The number of carbonyl (C=O) groups is 2. The van der Waals surface area contributed by atoms with E-state index in [-0.39, 0.29) is 17.7 Å². The Bertz CT molecular complexity index is 768. The zero-order valence-electron chi connectivity index (χ0n) is 13.4. The summed E-state index contributed by atoms with van der Waals surface area (Å²) < 4.78 is 0. The molecule has 0 spiro atoms. The van der Waals surface area contributed by atoms with Crippen molar-refractivity contribution in [2.45, 2.75) is 6.42 Å². The Morgan fingerprint density at radius 2 is 1.79 bits per heavy atom. The number of likely N-dealkylation sites (tertiary alicyclic amines) is 1. The van der Waals surface area contributed by atoms with Gasteiger partial charge in [0.1, 0.15) is 0 Å². The number of amides is 2. The third kappa shape index (κ3) is 3.71. The molecule has 0 aliphatic carbocycles. The summed E-state index contributed by atoms with van der Waals surface area (Å²) in [5.74, 6) is -0.627. The fourth-order valence-corrected chi connectivity index (χ4v) is 2.92. The van der Waals surface area contributed by atoms with Crippen molar-refractivity contribution >= 4 is 17.9 Å². The Morgan fingerprint density at radius 1 is 1.04 bits per heavy atom. The number of carbonyl (C=O) groups excluding carboxylic acids is 2. The number of rotatable bonds is 4. The molecule has 1 aliphatic rings. The second-order valence-electron chi connectivity index (χ2n) is 6.00. The Labute approximate surface area is 141 Å². The Balaban J connectivity index is 1.69. The van der Waals surface area contributed by atoms with Gasteiger partial charge in [-0.05, 0) is 35.3 Å². The van der Waals surface area contributed by atoms with Crippen LogP contribution in [0, 0.1) is 5.92 Å². The van der Waals surface area contributed by atoms with Gasteiger partial charge in [-0.2, -0.15) is 0 Å². The highest BCUT2D eigenvalue weighted by atomic mass is 16.2. The number of nitrogens with zero attached hydrogens (tertiary/aromatic N) is 1. The van der Waals surface area contributed by atoms with Crippen LogP contribution < -0.4 is 5.73 Å². The van der Waals surface area contributed by atoms with Crippen LogP contribution in [0.5, 0.6) is 0 Å². The highest BCUT2D eigenvalue weighted by Gasteiger charge is 2.28. The van der Waals surface area contributed by atoms with E-state index in [2.05, 4.69) is 18.2 Å². The molecule has 2 N–H and O–H groups in total. The van der Waals surface area contributed by atoms with Crippen LogP contribution in [-0.2, 0) is 9.59 Å². The van der Waals surface area contributed by atoms with Gasteiger partial charge in [0, 0.05) is 19.2 Å². The molecule has 0 bridgehead atoms. The van der Waals surface area contributed by atoms with Crippen LogP contribution in [0.25, 0.3) is 17.2 Å². The normalized spacial score (nSPS) is 17.3. The summed E-state index contributed by atoms with van der Waals surface area (Å²) in [5, 5.41) is 0. The molecule has 0 saturated carbocycles. The summed E-state index contributed by atoms with van der Waals surface area (Å²) in [6, 6.07) is 18.2. The van der Waals surface area contributed by atoms with Gasteiger partial charge < -0.3 is 10.6 Å². The number of benzene rings is 2. The fraction of sp³-hybridized carbons (Fsp3) is 0.200. The Morgan fingerprint density at radius 3 is 2.50 bits per heavy atom. The lowest BCUT2D eigenvalue weighted by atomic mass is 10.0. The molecular weight excluding hydrogens is 300 g/mol. The lowest BCUT2D eigenvalue weighted by Crippen LogP contribution is -2.30. The van der Waals surface area contributed by atoms with E-state index >= 15 is 0 Å². The first-order valence-electron chi connectivity index (χ1n) is 8.05. The Kier molecular flexibility index (Phi) is 4.75. The van der Waals surface area contributed by atoms with Crippen molar-refractivity contribution < 1.29 is 9.59 Å². The molecular formula is C20H20N2O2. The summed E-state index contributed by atoms with van der Waals surface area (Å²) in [7, 11) is 0. The molecule has 1 unspecified atom stereocenters. The van der Waals surface area contributed by atoms with E-state index in [9.17, 15) is 9.59 Å². The van der Waals surface area contributed by atoms with E-state index in [1.54, 1.807) is 11.0 Å². The molecule has 122 valence electrons. The lowest BCUT2D eigenvalue weighted by Gasteiger charge is -2.13. The topological polar surface area (TPSA) is 63.4 Å². The molecule has 0 aromatic heterocycles. The Hall–Kier alpha value is -2.88. The SMILES string of the molecule is NC(=O)C1CCN(C(=O)C=Cc2cccc(-c3ccccc3)c2)C1. The smallest absolute Gasteiger partial charge is 0.246 e. The first-order valence-corrected chi connectivity index (χ1v) is 8.05. The molecule has 1 fully saturated rings. The average Bonchev–Trinajstić information content (AvgIpc) is 3.11. The van der Waals surface area contributed by atoms with Crippen LogP contribution in [0.4, 0.5) is 0 Å². The van der Waals surface area contributed by atoms with Crippen LogP contribution in [0.15, 0.2) is 60.7 Å². The van der Waals surface area contributed by atoms with E-state index in [0.29, 0.717) is 19.5 Å². The average molecular weight is 320 g/mol. The highest BCUT2D eigenvalue weighted by Crippen LogP contribution is 2.21. The van der Waals surface area contributed by atoms with Gasteiger partial charge in [0.05, 0.1) is 5.92 Å². The fourth-order valence-electron chi connectivity index (χ4n) is 2.92. The minimum absolute atomic E-state index is 0.0798. The first kappa shape index (κ1) is 16.0. The molecule has 1 atom stereocenters. The van der Waals surface area contributed by atoms with Crippen molar-refractivity contribution in [1.82, 2.24) is 4.90 Å². The van der Waals surface area contributed by atoms with E-state index in [1.807, 2.05) is 42.5 Å². The van der Waals surface area contributed by atoms with Crippen molar-refractivity contribution in [3.63, 3.8) is 0 Å². The maximum atomic E-state index is 12.2. The predicted octanol–water partition coefficient (Wildman–Crippen LogP) is 2.70. The van der Waals surface area contributed by atoms with Gasteiger partial charge in [-0.25, -0.2) is 0 Å². The van der Waals surface area contributed by atoms with Crippen LogP contribution in [0.2, 0.25) is 0 Å². The molecule has 3 rings (SSSR count). The standard InChI is InChI=1S/C20H20N2O2/c21-20(24)18-11-12-22(14-18)19(23)10-9-15-5-4-8-17(13-15)16-6-2-1-3-7-16/h1-10,13,18H,11-12,14H2,(H2,21,24). The number of nitrogens with two attached hydrogens (primary N) is 1. The molecule has 4 nitrogen and oxygen atoms in total. The van der Waals surface area contributed by atoms with Crippen molar-refractivity contribution in [1.29, 1.82) is 0 Å². The second-order valence-corrected chi connectivity index (χ2v) is 6.00. The van der Waals surface area contributed by atoms with E-state index in [4.69, 9.17) is 5.73 Å². The second kappa shape index (κ2) is 7.13. The van der Waals surface area contributed by atoms with Gasteiger partial charge in [-0.15, -0.1) is 0 Å². The molecule has 2 amide bonds. The van der Waals surface area contributed by atoms with E-state index < -0.39 is 0 Å². The van der Waals surface area contributed by atoms with Crippen LogP contribution >= 0.6 is 0 Å². The summed E-state index contributed by atoms with van der Waals surface area (Å²) in [6.07, 6.45) is 4.03. The minimum atomic E-state index is -0.329. The van der Waals surface area contributed by atoms with Crippen molar-refractivity contribution in [2.24, 2.45) is 11.7 Å². The minimum Gasteiger partial charge on any atom is -0.369 e. The summed E-state index contributed by atoms with van der Waals surface area (Å²) in [4.78, 5) is 25.1. The maximum Gasteiger partial charge on any atom is 0.246 e. The summed E-state index contributed by atoms with van der Waals surface area (Å²) in [5.41, 5.74) is 8.52. The first-order chi connectivity index (χ1) is 11.6. The van der Waals surface area contributed by atoms with Gasteiger partial charge in [0.2, 0.25) is 11.8 Å². The van der Waals surface area contributed by atoms with E-state index in [1.165, 1.54) is 0 Å². The molecule has 1 saturated heterocycles. The molecule has 2 aromatic carbocycles. The van der Waals surface area contributed by atoms with Gasteiger partial charge in [0.15, 0.2) is 0 Å². The summed E-state index contributed by atoms with van der Waals surface area (Å²) in [6.45, 7) is 1.00. The molecule has 1 aliphatic heterocycles. The number of primary amides is 1. The van der Waals surface area contributed by atoms with Crippen LogP contribution in [-0.4, -0.2) is 29.8 Å². The molecule has 2 aromatic rings. The summed E-state index contributed by atoms with van der Waals surface area (Å²) >= 11 is 0.